The maximum atomic E-state index is 12.6. The van der Waals surface area contributed by atoms with Crippen molar-refractivity contribution in [3.63, 3.8) is 0 Å². The predicted molar refractivity (Wildman–Crippen MR) is 96.7 cm³/mol. The maximum Gasteiger partial charge on any atom is 0.310 e. The molecule has 3 aliphatic rings. The number of esters is 1. The second-order valence-corrected chi connectivity index (χ2v) is 7.47. The smallest absolute Gasteiger partial charge is 0.310 e. The first-order valence-electron chi connectivity index (χ1n) is 9.15. The monoisotopic (exact) mass is 384 g/mol. The minimum Gasteiger partial charge on any atom is -0.504 e. The molecule has 2 aliphatic heterocycles. The van der Waals surface area contributed by atoms with Gasteiger partial charge in [0.1, 0.15) is 0 Å². The van der Waals surface area contributed by atoms with Crippen LogP contribution in [0.5, 0.6) is 23.0 Å². The van der Waals surface area contributed by atoms with Gasteiger partial charge in [0.2, 0.25) is 6.79 Å². The van der Waals surface area contributed by atoms with Crippen molar-refractivity contribution < 1.29 is 34.0 Å². The summed E-state index contributed by atoms with van der Waals surface area (Å²) in [6.07, 6.45) is -0.836. The van der Waals surface area contributed by atoms with Crippen molar-refractivity contribution in [1.82, 2.24) is 0 Å². The molecule has 7 nitrogen and oxygen atoms in total. The van der Waals surface area contributed by atoms with E-state index < -0.39 is 12.0 Å². The minimum absolute atomic E-state index is 0.0681. The number of phenols is 1. The molecule has 0 unspecified atom stereocenters. The number of aryl methyl sites for hydroxylation is 1. The van der Waals surface area contributed by atoms with Crippen LogP contribution in [0.1, 0.15) is 34.3 Å². The molecular weight excluding hydrogens is 364 g/mol. The highest BCUT2D eigenvalue weighted by Crippen LogP contribution is 2.54. The summed E-state index contributed by atoms with van der Waals surface area (Å²) >= 11 is 0. The van der Waals surface area contributed by atoms with Gasteiger partial charge in [-0.3, -0.25) is 4.79 Å². The zero-order valence-electron chi connectivity index (χ0n) is 15.5. The molecule has 4 atom stereocenters. The average Bonchev–Trinajstić information content (AvgIpc) is 3.30. The molecule has 1 aliphatic carbocycles. The fraction of sp³-hybridized carbons (Fsp3) is 0.381. The lowest BCUT2D eigenvalue weighted by Crippen LogP contribution is -2.34. The van der Waals surface area contributed by atoms with E-state index in [0.717, 1.165) is 11.1 Å². The highest BCUT2D eigenvalue weighted by atomic mass is 16.7. The van der Waals surface area contributed by atoms with Gasteiger partial charge in [0.25, 0.3) is 0 Å². The maximum absolute atomic E-state index is 12.6. The summed E-state index contributed by atoms with van der Waals surface area (Å²) < 4.78 is 21.6. The number of fused-ring (bicyclic) bond motifs is 3. The van der Waals surface area contributed by atoms with Crippen LogP contribution in [0.2, 0.25) is 0 Å². The summed E-state index contributed by atoms with van der Waals surface area (Å²) in [5.41, 5.74) is 2.96. The summed E-state index contributed by atoms with van der Waals surface area (Å²) in [6, 6.07) is 7.21. The molecule has 0 spiro atoms. The van der Waals surface area contributed by atoms with Crippen LogP contribution in [0.3, 0.4) is 0 Å². The number of ether oxygens (including phenoxy) is 4. The summed E-state index contributed by atoms with van der Waals surface area (Å²) in [4.78, 5) is 12.6. The summed E-state index contributed by atoms with van der Waals surface area (Å²) in [5.74, 6) is -0.00187. The van der Waals surface area contributed by atoms with Crippen molar-refractivity contribution >= 4 is 5.97 Å². The van der Waals surface area contributed by atoms with Crippen molar-refractivity contribution in [2.75, 3.05) is 20.5 Å². The Kier molecular flexibility index (Phi) is 3.71. The number of methoxy groups -OCH3 is 1. The summed E-state index contributed by atoms with van der Waals surface area (Å²) in [6.45, 7) is 2.08. The molecule has 28 heavy (non-hydrogen) atoms. The van der Waals surface area contributed by atoms with Gasteiger partial charge in [-0.05, 0) is 47.4 Å². The number of hydrogen-bond acceptors (Lipinski definition) is 7. The van der Waals surface area contributed by atoms with E-state index in [-0.39, 0.29) is 37.0 Å². The van der Waals surface area contributed by atoms with E-state index in [9.17, 15) is 15.0 Å². The minimum atomic E-state index is -0.836. The Bertz CT molecular complexity index is 983. The third kappa shape index (κ3) is 2.29. The van der Waals surface area contributed by atoms with Gasteiger partial charge in [-0.25, -0.2) is 0 Å². The normalized spacial score (nSPS) is 27.2. The number of cyclic esters (lactones) is 1. The van der Waals surface area contributed by atoms with Gasteiger partial charge >= 0.3 is 5.97 Å². The van der Waals surface area contributed by atoms with Crippen molar-refractivity contribution in [3.8, 4) is 23.0 Å². The number of carbonyl (C=O) groups excluding carboxylic acids is 1. The Morgan fingerprint density at radius 1 is 1.07 bits per heavy atom. The second kappa shape index (κ2) is 6.04. The Labute approximate surface area is 161 Å². The highest BCUT2D eigenvalue weighted by molar-refractivity contribution is 5.78. The highest BCUT2D eigenvalue weighted by Gasteiger charge is 2.52. The van der Waals surface area contributed by atoms with E-state index in [1.54, 1.807) is 19.1 Å². The predicted octanol–water partition coefficient (Wildman–Crippen LogP) is 2.41. The van der Waals surface area contributed by atoms with E-state index >= 15 is 0 Å². The van der Waals surface area contributed by atoms with E-state index in [1.807, 2.05) is 12.1 Å². The van der Waals surface area contributed by atoms with Gasteiger partial charge in [-0.1, -0.05) is 6.07 Å². The van der Waals surface area contributed by atoms with E-state index in [4.69, 9.17) is 18.9 Å². The number of aliphatic hydroxyl groups is 1. The van der Waals surface area contributed by atoms with Gasteiger partial charge < -0.3 is 29.2 Å². The van der Waals surface area contributed by atoms with Crippen LogP contribution in [-0.2, 0) is 9.53 Å². The fourth-order valence-electron chi connectivity index (χ4n) is 4.64. The van der Waals surface area contributed by atoms with Crippen LogP contribution >= 0.6 is 0 Å². The number of rotatable bonds is 2. The summed E-state index contributed by atoms with van der Waals surface area (Å²) in [7, 11) is 1.49. The van der Waals surface area contributed by atoms with Crippen molar-refractivity contribution in [2.24, 2.45) is 11.8 Å². The van der Waals surface area contributed by atoms with E-state index in [2.05, 4.69) is 0 Å². The van der Waals surface area contributed by atoms with Gasteiger partial charge in [0.05, 0.1) is 25.7 Å². The average molecular weight is 384 g/mol. The quantitative estimate of drug-likeness (QED) is 0.768. The van der Waals surface area contributed by atoms with Gasteiger partial charge in [0.15, 0.2) is 23.0 Å². The van der Waals surface area contributed by atoms with Crippen LogP contribution in [0, 0.1) is 18.8 Å². The van der Waals surface area contributed by atoms with Crippen LogP contribution < -0.4 is 14.2 Å². The molecule has 0 aromatic heterocycles. The number of carbonyl (C=O) groups is 1. The second-order valence-electron chi connectivity index (χ2n) is 7.47. The van der Waals surface area contributed by atoms with Crippen LogP contribution in [0.15, 0.2) is 24.3 Å². The number of benzene rings is 2. The number of aliphatic hydroxyl groups excluding tert-OH is 1. The molecule has 5 rings (SSSR count). The molecule has 2 N–H and O–H groups in total. The molecular formula is C21H20O7. The van der Waals surface area contributed by atoms with Crippen LogP contribution in [0.25, 0.3) is 0 Å². The zero-order valence-corrected chi connectivity index (χ0v) is 15.5. The molecule has 0 amide bonds. The first-order chi connectivity index (χ1) is 13.5. The molecule has 2 heterocycles. The van der Waals surface area contributed by atoms with Crippen molar-refractivity contribution in [3.05, 3.63) is 46.5 Å². The van der Waals surface area contributed by atoms with Gasteiger partial charge in [-0.2, -0.15) is 0 Å². The Balaban J connectivity index is 1.75. The standard InChI is InChI=1S/C21H20O7/c1-9-3-10(4-16(25-2)19(9)22)17-11-5-14-15(28-8-27-14)6-12(11)20(23)13-7-26-21(24)18(13)17/h3-6,13,17-18,20,22-23H,7-8H2,1-2H3/t13-,17+,18-,20-/m0/s1. The fourth-order valence-corrected chi connectivity index (χ4v) is 4.64. The Morgan fingerprint density at radius 2 is 1.79 bits per heavy atom. The number of hydrogen-bond donors (Lipinski definition) is 2. The molecule has 7 heteroatoms. The molecule has 0 saturated carbocycles. The lowest BCUT2D eigenvalue weighted by molar-refractivity contribution is -0.141. The molecule has 1 saturated heterocycles. The summed E-state index contributed by atoms with van der Waals surface area (Å²) in [5, 5.41) is 21.2. The Hall–Kier alpha value is -2.93. The van der Waals surface area contributed by atoms with E-state index in [0.29, 0.717) is 28.4 Å². The number of phenolic OH excluding ortho intramolecular Hbond substituents is 1. The van der Waals surface area contributed by atoms with Crippen LogP contribution in [-0.4, -0.2) is 36.7 Å². The van der Waals surface area contributed by atoms with Gasteiger partial charge in [0, 0.05) is 11.8 Å². The third-order valence-electron chi connectivity index (χ3n) is 6.01. The van der Waals surface area contributed by atoms with Crippen LogP contribution in [0.4, 0.5) is 0 Å². The molecule has 2 aromatic carbocycles. The molecule has 146 valence electrons. The lowest BCUT2D eigenvalue weighted by atomic mass is 9.66. The van der Waals surface area contributed by atoms with E-state index in [1.165, 1.54) is 7.11 Å². The molecule has 2 aromatic rings. The largest absolute Gasteiger partial charge is 0.504 e. The first kappa shape index (κ1) is 17.2. The lowest BCUT2D eigenvalue weighted by Gasteiger charge is -2.37. The van der Waals surface area contributed by atoms with Gasteiger partial charge in [-0.15, -0.1) is 0 Å². The first-order valence-corrected chi connectivity index (χ1v) is 9.15. The molecule has 0 radical (unpaired) electrons. The number of aromatic hydroxyl groups is 1. The van der Waals surface area contributed by atoms with Crippen molar-refractivity contribution in [1.29, 1.82) is 0 Å². The zero-order chi connectivity index (χ0) is 19.6. The molecule has 0 bridgehead atoms. The van der Waals surface area contributed by atoms with Crippen molar-refractivity contribution in [2.45, 2.75) is 18.9 Å². The third-order valence-corrected chi connectivity index (χ3v) is 6.01. The molecule has 1 fully saturated rings. The SMILES string of the molecule is COc1cc([C@@H]2c3cc4c(cc3[C@H](O)[C@H]3COC(=O)[C@H]23)OCO4)cc(C)c1O. The Morgan fingerprint density at radius 3 is 2.50 bits per heavy atom. The topological polar surface area (TPSA) is 94.5 Å².